The molecule has 0 spiro atoms. The summed E-state index contributed by atoms with van der Waals surface area (Å²) in [7, 11) is 0. The first-order valence-electron chi connectivity index (χ1n) is 6.88. The third-order valence-electron chi connectivity index (χ3n) is 3.56. The Hall–Kier alpha value is -1.87. The van der Waals surface area contributed by atoms with Crippen LogP contribution in [0.5, 0.6) is 0 Å². The molecule has 0 saturated carbocycles. The number of nitrogens with zero attached hydrogens (tertiary/aromatic N) is 1. The quantitative estimate of drug-likeness (QED) is 0.610. The fourth-order valence-electron chi connectivity index (χ4n) is 2.37. The predicted octanol–water partition coefficient (Wildman–Crippen LogP) is 5.28. The van der Waals surface area contributed by atoms with Crippen LogP contribution in [0.15, 0.2) is 53.6 Å². The van der Waals surface area contributed by atoms with Crippen molar-refractivity contribution < 1.29 is 4.39 Å². The highest BCUT2D eigenvalue weighted by Crippen LogP contribution is 2.28. The van der Waals surface area contributed by atoms with E-state index in [1.165, 1.54) is 22.6 Å². The van der Waals surface area contributed by atoms with Crippen molar-refractivity contribution in [2.24, 2.45) is 0 Å². The zero-order valence-corrected chi connectivity index (χ0v) is 12.9. The number of pyridine rings is 1. The zero-order valence-electron chi connectivity index (χ0n) is 12.1. The summed E-state index contributed by atoms with van der Waals surface area (Å²) in [4.78, 5) is 4.72. The molecule has 0 saturated heterocycles. The number of rotatable bonds is 3. The number of aryl methyl sites for hydroxylation is 2. The largest absolute Gasteiger partial charge is 0.241 e. The average Bonchev–Trinajstić information content (AvgIpc) is 2.48. The van der Waals surface area contributed by atoms with E-state index in [2.05, 4.69) is 38.1 Å². The molecule has 3 heteroatoms. The van der Waals surface area contributed by atoms with E-state index in [0.717, 1.165) is 10.5 Å². The molecule has 0 atom stereocenters. The Morgan fingerprint density at radius 2 is 1.81 bits per heavy atom. The molecule has 21 heavy (non-hydrogen) atoms. The maximum absolute atomic E-state index is 13.7. The second-order valence-corrected chi connectivity index (χ2v) is 6.12. The lowest BCUT2D eigenvalue weighted by Crippen LogP contribution is -1.91. The van der Waals surface area contributed by atoms with Gasteiger partial charge in [0.1, 0.15) is 5.82 Å². The number of halogens is 1. The molecule has 0 aliphatic carbocycles. The highest BCUT2D eigenvalue weighted by molar-refractivity contribution is 7.98. The summed E-state index contributed by atoms with van der Waals surface area (Å²) in [6.07, 6.45) is 0. The minimum Gasteiger partial charge on any atom is -0.241 e. The molecular weight excluding hydrogens is 281 g/mol. The van der Waals surface area contributed by atoms with Gasteiger partial charge in [-0.1, -0.05) is 36.4 Å². The minimum atomic E-state index is -0.154. The van der Waals surface area contributed by atoms with Crippen molar-refractivity contribution in [3.05, 3.63) is 71.0 Å². The summed E-state index contributed by atoms with van der Waals surface area (Å²) in [5.74, 6) is 0.440. The first kappa shape index (κ1) is 14.1. The van der Waals surface area contributed by atoms with E-state index in [-0.39, 0.29) is 5.82 Å². The number of aromatic nitrogens is 1. The molecule has 1 aromatic heterocycles. The van der Waals surface area contributed by atoms with Gasteiger partial charge in [-0.3, -0.25) is 0 Å². The van der Waals surface area contributed by atoms with Gasteiger partial charge in [0.15, 0.2) is 0 Å². The third kappa shape index (κ3) is 2.93. The molecular formula is C18H16FNS. The van der Waals surface area contributed by atoms with Gasteiger partial charge in [0.2, 0.25) is 0 Å². The van der Waals surface area contributed by atoms with E-state index in [0.29, 0.717) is 11.3 Å². The molecule has 0 fully saturated rings. The maximum Gasteiger partial charge on any atom is 0.127 e. The summed E-state index contributed by atoms with van der Waals surface area (Å²) >= 11 is 1.57. The molecule has 0 radical (unpaired) electrons. The standard InChI is InChI=1S/C18H16FNS/c1-12-6-5-8-15-13(2)10-17(20-18(12)15)21-11-14-7-3-4-9-16(14)19/h3-10H,11H2,1-2H3. The van der Waals surface area contributed by atoms with Crippen LogP contribution in [0.1, 0.15) is 16.7 Å². The van der Waals surface area contributed by atoms with Crippen molar-refractivity contribution in [3.8, 4) is 0 Å². The van der Waals surface area contributed by atoms with Gasteiger partial charge in [0.05, 0.1) is 10.5 Å². The van der Waals surface area contributed by atoms with Crippen LogP contribution >= 0.6 is 11.8 Å². The van der Waals surface area contributed by atoms with Crippen LogP contribution in [0.3, 0.4) is 0 Å². The number of benzene rings is 2. The summed E-state index contributed by atoms with van der Waals surface area (Å²) in [5.41, 5.74) is 4.13. The molecule has 1 nitrogen and oxygen atoms in total. The van der Waals surface area contributed by atoms with Crippen molar-refractivity contribution in [2.45, 2.75) is 24.6 Å². The van der Waals surface area contributed by atoms with Gasteiger partial charge in [-0.2, -0.15) is 0 Å². The molecule has 3 aromatic rings. The fraction of sp³-hybridized carbons (Fsp3) is 0.167. The van der Waals surface area contributed by atoms with Gasteiger partial charge in [0.25, 0.3) is 0 Å². The van der Waals surface area contributed by atoms with Crippen molar-refractivity contribution in [3.63, 3.8) is 0 Å². The lowest BCUT2D eigenvalue weighted by molar-refractivity contribution is 0.617. The van der Waals surface area contributed by atoms with Crippen molar-refractivity contribution in [1.29, 1.82) is 0 Å². The number of thioether (sulfide) groups is 1. The molecule has 106 valence electrons. The highest BCUT2D eigenvalue weighted by Gasteiger charge is 2.07. The average molecular weight is 297 g/mol. The monoisotopic (exact) mass is 297 g/mol. The second kappa shape index (κ2) is 5.86. The van der Waals surface area contributed by atoms with Crippen molar-refractivity contribution >= 4 is 22.7 Å². The minimum absolute atomic E-state index is 0.154. The lowest BCUT2D eigenvalue weighted by Gasteiger charge is -2.08. The van der Waals surface area contributed by atoms with Crippen LogP contribution in [0.4, 0.5) is 4.39 Å². The Kier molecular flexibility index (Phi) is 3.93. The zero-order chi connectivity index (χ0) is 14.8. The van der Waals surface area contributed by atoms with Crippen LogP contribution in [-0.4, -0.2) is 4.98 Å². The van der Waals surface area contributed by atoms with E-state index < -0.39 is 0 Å². The van der Waals surface area contributed by atoms with Gasteiger partial charge in [0, 0.05) is 11.1 Å². The molecule has 0 bridgehead atoms. The number of hydrogen-bond acceptors (Lipinski definition) is 2. The molecule has 0 N–H and O–H groups in total. The molecule has 0 amide bonds. The first-order chi connectivity index (χ1) is 10.1. The van der Waals surface area contributed by atoms with Gasteiger partial charge in [-0.15, -0.1) is 11.8 Å². The second-order valence-electron chi connectivity index (χ2n) is 5.13. The van der Waals surface area contributed by atoms with E-state index in [9.17, 15) is 4.39 Å². The van der Waals surface area contributed by atoms with Crippen LogP contribution in [0.2, 0.25) is 0 Å². The molecule has 0 unspecified atom stereocenters. The number of para-hydroxylation sites is 1. The number of hydrogen-bond donors (Lipinski definition) is 0. The third-order valence-corrected chi connectivity index (χ3v) is 4.52. The Balaban J connectivity index is 1.91. The Morgan fingerprint density at radius 3 is 2.62 bits per heavy atom. The van der Waals surface area contributed by atoms with E-state index >= 15 is 0 Å². The number of fused-ring (bicyclic) bond motifs is 1. The van der Waals surface area contributed by atoms with E-state index in [1.807, 2.05) is 12.1 Å². The fourth-order valence-corrected chi connectivity index (χ4v) is 3.33. The maximum atomic E-state index is 13.7. The Labute approximate surface area is 128 Å². The van der Waals surface area contributed by atoms with Gasteiger partial charge in [-0.25, -0.2) is 9.37 Å². The summed E-state index contributed by atoms with van der Waals surface area (Å²) in [6, 6.07) is 15.2. The smallest absolute Gasteiger partial charge is 0.127 e. The van der Waals surface area contributed by atoms with E-state index in [1.54, 1.807) is 17.8 Å². The van der Waals surface area contributed by atoms with Crippen LogP contribution in [0.25, 0.3) is 10.9 Å². The molecule has 0 aliphatic heterocycles. The van der Waals surface area contributed by atoms with Crippen LogP contribution in [0, 0.1) is 19.7 Å². The van der Waals surface area contributed by atoms with Crippen molar-refractivity contribution in [2.75, 3.05) is 0 Å². The predicted molar refractivity (Wildman–Crippen MR) is 87.2 cm³/mol. The topological polar surface area (TPSA) is 12.9 Å². The normalized spacial score (nSPS) is 11.0. The SMILES string of the molecule is Cc1cc(SCc2ccccc2F)nc2c(C)cccc12. The highest BCUT2D eigenvalue weighted by atomic mass is 32.2. The summed E-state index contributed by atoms with van der Waals surface area (Å²) in [6.45, 7) is 4.16. The van der Waals surface area contributed by atoms with Gasteiger partial charge >= 0.3 is 0 Å². The van der Waals surface area contributed by atoms with Crippen LogP contribution in [-0.2, 0) is 5.75 Å². The first-order valence-corrected chi connectivity index (χ1v) is 7.87. The Bertz CT molecular complexity index is 798. The van der Waals surface area contributed by atoms with Crippen LogP contribution < -0.4 is 0 Å². The summed E-state index contributed by atoms with van der Waals surface area (Å²) < 4.78 is 13.7. The lowest BCUT2D eigenvalue weighted by atomic mass is 10.1. The summed E-state index contributed by atoms with van der Waals surface area (Å²) in [5, 5.41) is 2.13. The van der Waals surface area contributed by atoms with E-state index in [4.69, 9.17) is 4.98 Å². The van der Waals surface area contributed by atoms with Gasteiger partial charge in [-0.05, 0) is 42.7 Å². The van der Waals surface area contributed by atoms with Gasteiger partial charge < -0.3 is 0 Å². The molecule has 3 rings (SSSR count). The molecule has 2 aromatic carbocycles. The molecule has 0 aliphatic rings. The molecule has 1 heterocycles. The Morgan fingerprint density at radius 1 is 1.00 bits per heavy atom. The van der Waals surface area contributed by atoms with Crippen molar-refractivity contribution in [1.82, 2.24) is 4.98 Å².